The molecule has 0 bridgehead atoms. The van der Waals surface area contributed by atoms with E-state index in [0.717, 1.165) is 18.7 Å². The van der Waals surface area contributed by atoms with E-state index >= 15 is 0 Å². The number of aromatic nitrogens is 2. The zero-order valence-corrected chi connectivity index (χ0v) is 20.0. The van der Waals surface area contributed by atoms with Crippen LogP contribution < -0.4 is 10.6 Å². The van der Waals surface area contributed by atoms with Gasteiger partial charge in [0, 0.05) is 22.5 Å². The number of carbonyl (C=O) groups is 2. The van der Waals surface area contributed by atoms with Crippen molar-refractivity contribution in [1.82, 2.24) is 20.4 Å². The molecule has 0 spiro atoms. The molecule has 2 N–H and O–H groups in total. The van der Waals surface area contributed by atoms with Crippen LogP contribution in [-0.2, 0) is 11.3 Å². The maximum Gasteiger partial charge on any atom is 0.253 e. The van der Waals surface area contributed by atoms with Crippen molar-refractivity contribution in [1.29, 1.82) is 0 Å². The number of halogens is 1. The Hall–Kier alpha value is -3.23. The minimum Gasteiger partial charge on any atom is -0.350 e. The van der Waals surface area contributed by atoms with Gasteiger partial charge < -0.3 is 15.2 Å². The number of para-hydroxylation sites is 1. The maximum atomic E-state index is 12.9. The quantitative estimate of drug-likeness (QED) is 0.519. The lowest BCUT2D eigenvalue weighted by atomic mass is 9.95. The summed E-state index contributed by atoms with van der Waals surface area (Å²) in [5.74, 6) is 0.653. The zero-order valence-electron chi connectivity index (χ0n) is 19.3. The molecular weight excluding hydrogens is 454 g/mol. The monoisotopic (exact) mass is 481 g/mol. The summed E-state index contributed by atoms with van der Waals surface area (Å²) in [6.07, 6.45) is 1.42. The summed E-state index contributed by atoms with van der Waals surface area (Å²) in [6, 6.07) is 14.4. The van der Waals surface area contributed by atoms with Gasteiger partial charge in [-0.05, 0) is 64.0 Å². The fraction of sp³-hybridized carbons (Fsp3) is 0.360. The van der Waals surface area contributed by atoms with Gasteiger partial charge in [-0.3, -0.25) is 14.5 Å². The predicted octanol–water partition coefficient (Wildman–Crippen LogP) is 4.38. The molecule has 1 fully saturated rings. The molecule has 2 heterocycles. The highest BCUT2D eigenvalue weighted by Gasteiger charge is 2.27. The third kappa shape index (κ3) is 6.01. The van der Waals surface area contributed by atoms with Gasteiger partial charge in [-0.2, -0.15) is 4.98 Å². The molecule has 8 nitrogen and oxygen atoms in total. The summed E-state index contributed by atoms with van der Waals surface area (Å²) in [4.78, 5) is 32.0. The van der Waals surface area contributed by atoms with Crippen LogP contribution in [0.25, 0.3) is 11.4 Å². The molecule has 2 amide bonds. The molecule has 2 aromatic carbocycles. The second-order valence-electron chi connectivity index (χ2n) is 8.74. The van der Waals surface area contributed by atoms with Crippen LogP contribution in [0.3, 0.4) is 0 Å². The molecule has 0 atom stereocenters. The van der Waals surface area contributed by atoms with Crippen molar-refractivity contribution < 1.29 is 14.1 Å². The standard InChI is InChI=1S/C25H28ClN5O3/c1-16(2)27-25(33)20-8-3-4-9-21(20)28-24(32)17-10-12-31(13-11-17)15-22-29-23(30-34-22)18-6-5-7-19(26)14-18/h3-9,14,16-17H,10-13,15H2,1-2H3,(H,27,33)(H,28,32). The van der Waals surface area contributed by atoms with Gasteiger partial charge in [0.15, 0.2) is 0 Å². The number of benzene rings is 2. The number of amides is 2. The number of hydrogen-bond donors (Lipinski definition) is 2. The fourth-order valence-corrected chi connectivity index (χ4v) is 4.16. The highest BCUT2D eigenvalue weighted by atomic mass is 35.5. The van der Waals surface area contributed by atoms with Gasteiger partial charge in [0.1, 0.15) is 0 Å². The lowest BCUT2D eigenvalue weighted by molar-refractivity contribution is -0.121. The van der Waals surface area contributed by atoms with Gasteiger partial charge in [0.2, 0.25) is 17.6 Å². The first-order chi connectivity index (χ1) is 16.4. The molecular formula is C25H28ClN5O3. The van der Waals surface area contributed by atoms with E-state index in [1.165, 1.54) is 0 Å². The number of carbonyl (C=O) groups excluding carboxylic acids is 2. The van der Waals surface area contributed by atoms with Gasteiger partial charge in [-0.25, -0.2) is 0 Å². The van der Waals surface area contributed by atoms with Crippen LogP contribution in [0.2, 0.25) is 5.02 Å². The Balaban J connectivity index is 1.31. The first kappa shape index (κ1) is 23.9. The van der Waals surface area contributed by atoms with Crippen molar-refractivity contribution >= 4 is 29.1 Å². The van der Waals surface area contributed by atoms with E-state index in [4.69, 9.17) is 16.1 Å². The van der Waals surface area contributed by atoms with Gasteiger partial charge in [-0.1, -0.05) is 41.0 Å². The van der Waals surface area contributed by atoms with Gasteiger partial charge >= 0.3 is 0 Å². The average Bonchev–Trinajstić information content (AvgIpc) is 3.28. The molecule has 3 aromatic rings. The largest absolute Gasteiger partial charge is 0.350 e. The average molecular weight is 482 g/mol. The second-order valence-corrected chi connectivity index (χ2v) is 9.17. The van der Waals surface area contributed by atoms with E-state index in [2.05, 4.69) is 25.7 Å². The van der Waals surface area contributed by atoms with E-state index in [9.17, 15) is 9.59 Å². The van der Waals surface area contributed by atoms with Crippen molar-refractivity contribution in [3.63, 3.8) is 0 Å². The Labute approximate surface area is 203 Å². The fourth-order valence-electron chi connectivity index (χ4n) is 3.97. The SMILES string of the molecule is CC(C)NC(=O)c1ccccc1NC(=O)C1CCN(Cc2nc(-c3cccc(Cl)c3)no2)CC1. The Morgan fingerprint density at radius 1 is 1.15 bits per heavy atom. The molecule has 1 aliphatic heterocycles. The molecule has 9 heteroatoms. The molecule has 178 valence electrons. The van der Waals surface area contributed by atoms with Crippen LogP contribution in [0.1, 0.15) is 42.9 Å². The number of anilines is 1. The first-order valence-electron chi connectivity index (χ1n) is 11.4. The van der Waals surface area contributed by atoms with Crippen LogP contribution in [0.5, 0.6) is 0 Å². The molecule has 34 heavy (non-hydrogen) atoms. The number of rotatable bonds is 7. The van der Waals surface area contributed by atoms with Crippen LogP contribution in [0.15, 0.2) is 53.1 Å². The van der Waals surface area contributed by atoms with Crippen molar-refractivity contribution in [2.24, 2.45) is 5.92 Å². The van der Waals surface area contributed by atoms with Crippen molar-refractivity contribution in [2.45, 2.75) is 39.3 Å². The second kappa shape index (κ2) is 10.8. The van der Waals surface area contributed by atoms with E-state index in [0.29, 0.717) is 47.4 Å². The third-order valence-electron chi connectivity index (χ3n) is 5.72. The van der Waals surface area contributed by atoms with Gasteiger partial charge in [-0.15, -0.1) is 0 Å². The lowest BCUT2D eigenvalue weighted by Gasteiger charge is -2.30. The van der Waals surface area contributed by atoms with Crippen LogP contribution >= 0.6 is 11.6 Å². The molecule has 0 saturated carbocycles. The number of nitrogens with one attached hydrogen (secondary N) is 2. The molecule has 0 unspecified atom stereocenters. The summed E-state index contributed by atoms with van der Waals surface area (Å²) in [5.41, 5.74) is 1.81. The number of hydrogen-bond acceptors (Lipinski definition) is 6. The summed E-state index contributed by atoms with van der Waals surface area (Å²) in [7, 11) is 0. The predicted molar refractivity (Wildman–Crippen MR) is 130 cm³/mol. The van der Waals surface area contributed by atoms with Crippen LogP contribution in [0, 0.1) is 5.92 Å². The number of likely N-dealkylation sites (tertiary alicyclic amines) is 1. The van der Waals surface area contributed by atoms with E-state index in [-0.39, 0.29) is 23.8 Å². The van der Waals surface area contributed by atoms with Crippen molar-refractivity contribution in [2.75, 3.05) is 18.4 Å². The first-order valence-corrected chi connectivity index (χ1v) is 11.8. The summed E-state index contributed by atoms with van der Waals surface area (Å²) < 4.78 is 5.41. The zero-order chi connectivity index (χ0) is 24.1. The molecule has 0 radical (unpaired) electrons. The highest BCUT2D eigenvalue weighted by Crippen LogP contribution is 2.24. The minimum absolute atomic E-state index is 0.0148. The Morgan fingerprint density at radius 3 is 2.65 bits per heavy atom. The summed E-state index contributed by atoms with van der Waals surface area (Å²) in [5, 5.41) is 10.5. The van der Waals surface area contributed by atoms with Gasteiger partial charge in [0.25, 0.3) is 5.91 Å². The molecule has 0 aliphatic carbocycles. The molecule has 4 rings (SSSR count). The van der Waals surface area contributed by atoms with Crippen LogP contribution in [-0.4, -0.2) is 46.0 Å². The summed E-state index contributed by atoms with van der Waals surface area (Å²) >= 11 is 6.04. The molecule has 1 aromatic heterocycles. The van der Waals surface area contributed by atoms with E-state index < -0.39 is 0 Å². The van der Waals surface area contributed by atoms with Crippen molar-refractivity contribution in [3.8, 4) is 11.4 Å². The van der Waals surface area contributed by atoms with E-state index in [1.807, 2.05) is 32.0 Å². The topological polar surface area (TPSA) is 100 Å². The molecule has 1 saturated heterocycles. The number of piperidine rings is 1. The Bertz CT molecular complexity index is 1150. The maximum absolute atomic E-state index is 12.9. The smallest absolute Gasteiger partial charge is 0.253 e. The highest BCUT2D eigenvalue weighted by molar-refractivity contribution is 6.30. The van der Waals surface area contributed by atoms with Gasteiger partial charge in [0.05, 0.1) is 17.8 Å². The number of nitrogens with zero attached hydrogens (tertiary/aromatic N) is 3. The third-order valence-corrected chi connectivity index (χ3v) is 5.95. The normalized spacial score (nSPS) is 14.8. The summed E-state index contributed by atoms with van der Waals surface area (Å²) in [6.45, 7) is 5.81. The van der Waals surface area contributed by atoms with Crippen molar-refractivity contribution in [3.05, 3.63) is 65.0 Å². The van der Waals surface area contributed by atoms with Crippen LogP contribution in [0.4, 0.5) is 5.69 Å². The Morgan fingerprint density at radius 2 is 1.91 bits per heavy atom. The lowest BCUT2D eigenvalue weighted by Crippen LogP contribution is -2.38. The van der Waals surface area contributed by atoms with E-state index in [1.54, 1.807) is 30.3 Å². The molecule has 1 aliphatic rings. The Kier molecular flexibility index (Phi) is 7.59. The minimum atomic E-state index is -0.197.